The number of carbonyl (C=O) groups excluding carboxylic acids is 2. The fraction of sp³-hybridized carbons (Fsp3) is 0.111. The topological polar surface area (TPSA) is 78.4 Å². The molecule has 0 aliphatic rings. The Balaban J connectivity index is 1.81. The average Bonchev–Trinajstić information content (AvgIpc) is 2.60. The Morgan fingerprint density at radius 1 is 1.00 bits per heavy atom. The first-order chi connectivity index (χ1) is 12.0. The highest BCUT2D eigenvalue weighted by atomic mass is 19.1. The van der Waals surface area contributed by atoms with Gasteiger partial charge in [-0.15, -0.1) is 0 Å². The minimum absolute atomic E-state index is 0.0702. The van der Waals surface area contributed by atoms with Crippen molar-refractivity contribution in [1.29, 1.82) is 0 Å². The predicted molar refractivity (Wildman–Crippen MR) is 88.5 cm³/mol. The lowest BCUT2D eigenvalue weighted by Gasteiger charge is -2.12. The van der Waals surface area contributed by atoms with Gasteiger partial charge in [0.2, 0.25) is 11.8 Å². The van der Waals surface area contributed by atoms with E-state index in [2.05, 4.69) is 10.6 Å². The van der Waals surface area contributed by atoms with Crippen molar-refractivity contribution >= 4 is 17.5 Å². The molecular weight excluding hydrogens is 330 g/mol. The Labute approximate surface area is 143 Å². The summed E-state index contributed by atoms with van der Waals surface area (Å²) in [5, 5.41) is 14.7. The Bertz CT molecular complexity index is 776. The summed E-state index contributed by atoms with van der Waals surface area (Å²) in [6.07, 6.45) is 0.771. The van der Waals surface area contributed by atoms with Crippen LogP contribution in [-0.2, 0) is 9.59 Å². The van der Waals surface area contributed by atoms with Crippen LogP contribution in [0.3, 0.4) is 0 Å². The van der Waals surface area contributed by atoms with Crippen LogP contribution in [0.2, 0.25) is 0 Å². The number of amides is 2. The van der Waals surface area contributed by atoms with Crippen LogP contribution in [0.1, 0.15) is 11.7 Å². The fourth-order valence-corrected chi connectivity index (χ4v) is 1.98. The van der Waals surface area contributed by atoms with Gasteiger partial charge in [-0.25, -0.2) is 8.78 Å². The lowest BCUT2D eigenvalue weighted by Crippen LogP contribution is -2.27. The number of nitrogens with one attached hydrogen (secondary N) is 2. The molecule has 1 unspecified atom stereocenters. The molecule has 0 fully saturated rings. The largest absolute Gasteiger partial charge is 0.386 e. The van der Waals surface area contributed by atoms with Crippen molar-refractivity contribution in [3.63, 3.8) is 0 Å². The van der Waals surface area contributed by atoms with Gasteiger partial charge in [-0.3, -0.25) is 9.59 Å². The quantitative estimate of drug-likeness (QED) is 0.703. The molecule has 0 aliphatic heterocycles. The van der Waals surface area contributed by atoms with Crippen LogP contribution in [0, 0.1) is 11.6 Å². The van der Waals surface area contributed by atoms with E-state index >= 15 is 0 Å². The molecule has 2 rings (SSSR count). The van der Waals surface area contributed by atoms with E-state index in [1.165, 1.54) is 42.5 Å². The maximum Gasteiger partial charge on any atom is 0.248 e. The van der Waals surface area contributed by atoms with Gasteiger partial charge >= 0.3 is 0 Å². The van der Waals surface area contributed by atoms with Gasteiger partial charge in [-0.05, 0) is 30.3 Å². The van der Waals surface area contributed by atoms with E-state index < -0.39 is 29.6 Å². The van der Waals surface area contributed by atoms with Crippen molar-refractivity contribution in [2.75, 3.05) is 11.9 Å². The van der Waals surface area contributed by atoms with E-state index in [1.807, 2.05) is 0 Å². The fourth-order valence-electron chi connectivity index (χ4n) is 1.98. The number of hydrogen-bond acceptors (Lipinski definition) is 3. The maximum absolute atomic E-state index is 13.5. The van der Waals surface area contributed by atoms with Crippen LogP contribution in [-0.4, -0.2) is 23.5 Å². The van der Waals surface area contributed by atoms with Gasteiger partial charge in [0, 0.05) is 29.9 Å². The number of benzene rings is 2. The molecule has 0 aromatic heterocycles. The third-order valence-electron chi connectivity index (χ3n) is 3.23. The first kappa shape index (κ1) is 18.3. The lowest BCUT2D eigenvalue weighted by molar-refractivity contribution is -0.117. The van der Waals surface area contributed by atoms with Gasteiger partial charge in [-0.2, -0.15) is 0 Å². The molecular formula is C18H16F2N2O3. The van der Waals surface area contributed by atoms with Crippen LogP contribution in [0.15, 0.2) is 60.7 Å². The molecule has 1 atom stereocenters. The molecule has 2 aromatic carbocycles. The molecule has 0 saturated carbocycles. The van der Waals surface area contributed by atoms with Crippen LogP contribution in [0.5, 0.6) is 0 Å². The van der Waals surface area contributed by atoms with Crippen molar-refractivity contribution < 1.29 is 23.5 Å². The average molecular weight is 346 g/mol. The zero-order valence-electron chi connectivity index (χ0n) is 13.1. The summed E-state index contributed by atoms with van der Waals surface area (Å²) in [6, 6.07) is 10.8. The Morgan fingerprint density at radius 2 is 1.64 bits per heavy atom. The van der Waals surface area contributed by atoms with Crippen molar-refractivity contribution in [2.24, 2.45) is 0 Å². The second kappa shape index (κ2) is 8.70. The monoisotopic (exact) mass is 346 g/mol. The summed E-state index contributed by atoms with van der Waals surface area (Å²) in [4.78, 5) is 23.3. The molecule has 7 heteroatoms. The minimum Gasteiger partial charge on any atom is -0.386 e. The highest BCUT2D eigenvalue weighted by Gasteiger charge is 2.12. The first-order valence-corrected chi connectivity index (χ1v) is 7.40. The van der Waals surface area contributed by atoms with Gasteiger partial charge in [0.1, 0.15) is 11.6 Å². The number of rotatable bonds is 6. The van der Waals surface area contributed by atoms with E-state index in [-0.39, 0.29) is 12.1 Å². The van der Waals surface area contributed by atoms with Gasteiger partial charge in [-0.1, -0.05) is 18.2 Å². The van der Waals surface area contributed by atoms with Crippen LogP contribution >= 0.6 is 0 Å². The summed E-state index contributed by atoms with van der Waals surface area (Å²) in [5.74, 6) is -2.19. The molecule has 0 radical (unpaired) electrons. The summed E-state index contributed by atoms with van der Waals surface area (Å²) in [7, 11) is 0. The Kier molecular flexibility index (Phi) is 6.36. The van der Waals surface area contributed by atoms with Crippen LogP contribution in [0.4, 0.5) is 14.5 Å². The van der Waals surface area contributed by atoms with Crippen molar-refractivity contribution in [3.8, 4) is 0 Å². The normalized spacial score (nSPS) is 12.0. The van der Waals surface area contributed by atoms with Gasteiger partial charge in [0.25, 0.3) is 0 Å². The molecule has 0 bridgehead atoms. The summed E-state index contributed by atoms with van der Waals surface area (Å²) >= 11 is 0. The number of hydrogen-bond donors (Lipinski definition) is 3. The molecule has 3 N–H and O–H groups in total. The van der Waals surface area contributed by atoms with E-state index in [9.17, 15) is 23.5 Å². The van der Waals surface area contributed by atoms with Crippen LogP contribution in [0.25, 0.3) is 0 Å². The molecule has 0 heterocycles. The third-order valence-corrected chi connectivity index (χ3v) is 3.23. The SMILES string of the molecule is O=C(/C=C/C(=O)Nc1ccc(F)cc1)NCC(O)c1ccccc1F. The number of aliphatic hydroxyl groups is 1. The maximum atomic E-state index is 13.5. The van der Waals surface area contributed by atoms with E-state index in [0.29, 0.717) is 5.69 Å². The smallest absolute Gasteiger partial charge is 0.248 e. The minimum atomic E-state index is -1.20. The highest BCUT2D eigenvalue weighted by molar-refractivity contribution is 6.03. The zero-order chi connectivity index (χ0) is 18.2. The number of carbonyl (C=O) groups is 2. The summed E-state index contributed by atoms with van der Waals surface area (Å²) in [6.45, 7) is -0.205. The lowest BCUT2D eigenvalue weighted by atomic mass is 10.1. The highest BCUT2D eigenvalue weighted by Crippen LogP contribution is 2.15. The molecule has 0 spiro atoms. The van der Waals surface area contributed by atoms with Gasteiger partial charge in [0.15, 0.2) is 0 Å². The summed E-state index contributed by atoms with van der Waals surface area (Å²) < 4.78 is 26.2. The molecule has 25 heavy (non-hydrogen) atoms. The predicted octanol–water partition coefficient (Wildman–Crippen LogP) is 2.31. The standard InChI is InChI=1S/C18H16F2N2O3/c19-12-5-7-13(8-6-12)22-18(25)10-9-17(24)21-11-16(23)14-3-1-2-4-15(14)20/h1-10,16,23H,11H2,(H,21,24)(H,22,25)/b10-9+. The number of halogens is 2. The molecule has 2 amide bonds. The zero-order valence-corrected chi connectivity index (χ0v) is 13.1. The van der Waals surface area contributed by atoms with E-state index in [1.54, 1.807) is 6.07 Å². The third kappa shape index (κ3) is 5.82. The molecule has 2 aromatic rings. The molecule has 0 aliphatic carbocycles. The van der Waals surface area contributed by atoms with Gasteiger partial charge in [0.05, 0.1) is 6.10 Å². The summed E-state index contributed by atoms with van der Waals surface area (Å²) in [5.41, 5.74) is 0.451. The van der Waals surface area contributed by atoms with Gasteiger partial charge < -0.3 is 15.7 Å². The van der Waals surface area contributed by atoms with E-state index in [4.69, 9.17) is 0 Å². The number of aliphatic hydroxyl groups excluding tert-OH is 1. The van der Waals surface area contributed by atoms with E-state index in [0.717, 1.165) is 12.2 Å². The second-order valence-corrected chi connectivity index (χ2v) is 5.11. The van der Waals surface area contributed by atoms with Crippen molar-refractivity contribution in [2.45, 2.75) is 6.10 Å². The van der Waals surface area contributed by atoms with Crippen molar-refractivity contribution in [3.05, 3.63) is 77.9 Å². The molecule has 0 saturated heterocycles. The molecule has 130 valence electrons. The van der Waals surface area contributed by atoms with Crippen molar-refractivity contribution in [1.82, 2.24) is 5.32 Å². The number of anilines is 1. The van der Waals surface area contributed by atoms with Crippen LogP contribution < -0.4 is 10.6 Å². The molecule has 5 nitrogen and oxygen atoms in total. The Morgan fingerprint density at radius 3 is 2.32 bits per heavy atom. The first-order valence-electron chi connectivity index (χ1n) is 7.40. The second-order valence-electron chi connectivity index (χ2n) is 5.11. The Hall–Kier alpha value is -3.06.